The summed E-state index contributed by atoms with van der Waals surface area (Å²) < 4.78 is 4.87. The predicted octanol–water partition coefficient (Wildman–Crippen LogP) is 0.967. The zero-order valence-electron chi connectivity index (χ0n) is 13.4. The Morgan fingerprint density at radius 1 is 1.38 bits per heavy atom. The fourth-order valence-corrected chi connectivity index (χ4v) is 2.38. The molecule has 9 heteroatoms. The molecule has 1 aliphatic heterocycles. The third kappa shape index (κ3) is 3.67. The average Bonchev–Trinajstić information content (AvgIpc) is 2.97. The molecule has 1 fully saturated rings. The quantitative estimate of drug-likeness (QED) is 0.448. The number of ether oxygens (including phenoxy) is 1. The van der Waals surface area contributed by atoms with Gasteiger partial charge in [0.1, 0.15) is 5.69 Å². The van der Waals surface area contributed by atoms with Gasteiger partial charge in [-0.3, -0.25) is 24.6 Å². The molecule has 2 rings (SSSR count). The van der Waals surface area contributed by atoms with E-state index >= 15 is 0 Å². The summed E-state index contributed by atoms with van der Waals surface area (Å²) in [7, 11) is 3.29. The van der Waals surface area contributed by atoms with Gasteiger partial charge in [0.15, 0.2) is 6.61 Å². The van der Waals surface area contributed by atoms with E-state index in [1.54, 1.807) is 19.0 Å². The van der Waals surface area contributed by atoms with Gasteiger partial charge in [-0.15, -0.1) is 0 Å². The van der Waals surface area contributed by atoms with E-state index in [2.05, 4.69) is 0 Å². The van der Waals surface area contributed by atoms with E-state index in [1.165, 1.54) is 12.1 Å². The van der Waals surface area contributed by atoms with Crippen molar-refractivity contribution in [1.29, 1.82) is 0 Å². The maximum atomic E-state index is 12.0. The molecular weight excluding hydrogens is 318 g/mol. The second-order valence-electron chi connectivity index (χ2n) is 5.47. The lowest BCUT2D eigenvalue weighted by molar-refractivity contribution is -0.384. The number of imide groups is 1. The monoisotopic (exact) mass is 335 g/mol. The lowest BCUT2D eigenvalue weighted by Gasteiger charge is -2.14. The van der Waals surface area contributed by atoms with Crippen LogP contribution in [0.3, 0.4) is 0 Å². The van der Waals surface area contributed by atoms with Gasteiger partial charge >= 0.3 is 5.97 Å². The average molecular weight is 335 g/mol. The van der Waals surface area contributed by atoms with Crippen molar-refractivity contribution in [2.45, 2.75) is 12.8 Å². The van der Waals surface area contributed by atoms with Crippen LogP contribution in [0.4, 0.5) is 11.4 Å². The molecule has 0 bridgehead atoms. The first-order valence-electron chi connectivity index (χ1n) is 7.27. The minimum absolute atomic E-state index is 0.0344. The number of likely N-dealkylation sites (tertiary alicyclic amines) is 1. The van der Waals surface area contributed by atoms with Crippen LogP contribution in [0.2, 0.25) is 0 Å². The van der Waals surface area contributed by atoms with Gasteiger partial charge in [0, 0.05) is 33.1 Å². The van der Waals surface area contributed by atoms with Gasteiger partial charge in [-0.25, -0.2) is 4.79 Å². The van der Waals surface area contributed by atoms with E-state index in [0.29, 0.717) is 25.1 Å². The summed E-state index contributed by atoms with van der Waals surface area (Å²) in [5.74, 6) is -1.74. The number of carbonyl (C=O) groups excluding carboxylic acids is 3. The number of hydrogen-bond donors (Lipinski definition) is 0. The molecule has 0 aromatic heterocycles. The van der Waals surface area contributed by atoms with Crippen LogP contribution in [0.1, 0.15) is 23.2 Å². The van der Waals surface area contributed by atoms with Crippen LogP contribution in [0.5, 0.6) is 0 Å². The first-order valence-corrected chi connectivity index (χ1v) is 7.27. The van der Waals surface area contributed by atoms with Gasteiger partial charge in [0.2, 0.25) is 5.91 Å². The number of nitrogens with zero attached hydrogens (tertiary/aromatic N) is 3. The van der Waals surface area contributed by atoms with Crippen LogP contribution in [0.25, 0.3) is 0 Å². The fourth-order valence-electron chi connectivity index (χ4n) is 2.38. The van der Waals surface area contributed by atoms with E-state index in [0.717, 1.165) is 11.0 Å². The van der Waals surface area contributed by atoms with Crippen molar-refractivity contribution < 1.29 is 24.0 Å². The number of carbonyl (C=O) groups is 3. The zero-order chi connectivity index (χ0) is 17.9. The molecule has 0 spiro atoms. The Labute approximate surface area is 137 Å². The minimum Gasteiger partial charge on any atom is -0.452 e. The molecule has 1 heterocycles. The molecule has 1 aliphatic rings. The second kappa shape index (κ2) is 7.07. The summed E-state index contributed by atoms with van der Waals surface area (Å²) in [5.41, 5.74) is 0.0682. The zero-order valence-corrected chi connectivity index (χ0v) is 13.4. The fraction of sp³-hybridized carbons (Fsp3) is 0.400. The molecule has 0 radical (unpaired) electrons. The Morgan fingerprint density at radius 2 is 2.08 bits per heavy atom. The highest BCUT2D eigenvalue weighted by molar-refractivity contribution is 5.99. The maximum Gasteiger partial charge on any atom is 0.338 e. The third-order valence-corrected chi connectivity index (χ3v) is 3.59. The lowest BCUT2D eigenvalue weighted by Crippen LogP contribution is -2.35. The van der Waals surface area contributed by atoms with Gasteiger partial charge in [-0.1, -0.05) is 0 Å². The molecule has 0 unspecified atom stereocenters. The van der Waals surface area contributed by atoms with Crippen molar-refractivity contribution in [1.82, 2.24) is 4.90 Å². The van der Waals surface area contributed by atoms with Crippen LogP contribution >= 0.6 is 0 Å². The van der Waals surface area contributed by atoms with Crippen LogP contribution in [-0.2, 0) is 14.3 Å². The van der Waals surface area contributed by atoms with Crippen LogP contribution in [-0.4, -0.2) is 54.9 Å². The number of rotatable bonds is 5. The van der Waals surface area contributed by atoms with Gasteiger partial charge in [0.05, 0.1) is 10.5 Å². The molecule has 24 heavy (non-hydrogen) atoms. The summed E-state index contributed by atoms with van der Waals surface area (Å²) in [6.45, 7) is -0.258. The number of benzene rings is 1. The molecule has 1 aromatic rings. The molecule has 0 N–H and O–H groups in total. The van der Waals surface area contributed by atoms with Crippen molar-refractivity contribution in [3.63, 3.8) is 0 Å². The van der Waals surface area contributed by atoms with Crippen molar-refractivity contribution in [2.75, 3.05) is 32.1 Å². The number of nitro groups is 1. The molecule has 0 saturated carbocycles. The maximum absolute atomic E-state index is 12.0. The van der Waals surface area contributed by atoms with Crippen LogP contribution < -0.4 is 4.90 Å². The Kier molecular flexibility index (Phi) is 5.12. The lowest BCUT2D eigenvalue weighted by atomic mass is 10.1. The topological polar surface area (TPSA) is 110 Å². The smallest absolute Gasteiger partial charge is 0.338 e. The molecular formula is C15H17N3O6. The normalized spacial score (nSPS) is 13.8. The number of nitro benzene ring substituents is 1. The van der Waals surface area contributed by atoms with Crippen LogP contribution in [0.15, 0.2) is 18.2 Å². The van der Waals surface area contributed by atoms with Crippen molar-refractivity contribution in [3.05, 3.63) is 33.9 Å². The highest BCUT2D eigenvalue weighted by atomic mass is 16.6. The Bertz CT molecular complexity index is 700. The van der Waals surface area contributed by atoms with E-state index in [9.17, 15) is 24.5 Å². The Hall–Kier alpha value is -2.97. The van der Waals surface area contributed by atoms with Gasteiger partial charge in [-0.2, -0.15) is 0 Å². The van der Waals surface area contributed by atoms with Crippen molar-refractivity contribution in [2.24, 2.45) is 0 Å². The van der Waals surface area contributed by atoms with E-state index in [-0.39, 0.29) is 17.2 Å². The van der Waals surface area contributed by atoms with Gasteiger partial charge in [0.25, 0.3) is 11.6 Å². The summed E-state index contributed by atoms with van der Waals surface area (Å²) in [5, 5.41) is 11.1. The Balaban J connectivity index is 2.07. The number of esters is 1. The Morgan fingerprint density at radius 3 is 2.62 bits per heavy atom. The van der Waals surface area contributed by atoms with Crippen LogP contribution in [0, 0.1) is 10.1 Å². The first kappa shape index (κ1) is 17.4. The number of anilines is 1. The molecule has 9 nitrogen and oxygen atoms in total. The second-order valence-corrected chi connectivity index (χ2v) is 5.47. The van der Waals surface area contributed by atoms with Gasteiger partial charge in [-0.05, 0) is 18.6 Å². The summed E-state index contributed by atoms with van der Waals surface area (Å²) in [4.78, 5) is 48.4. The highest BCUT2D eigenvalue weighted by Crippen LogP contribution is 2.27. The predicted molar refractivity (Wildman–Crippen MR) is 83.7 cm³/mol. The number of hydrogen-bond acceptors (Lipinski definition) is 7. The standard InChI is InChI=1S/C15H17N3O6/c1-16(2)11-6-5-10(8-12(11)18(22)23)15(21)24-9-14(20)17-7-3-4-13(17)19/h5-6,8H,3-4,7,9H2,1-2H3. The van der Waals surface area contributed by atoms with Crippen molar-refractivity contribution in [3.8, 4) is 0 Å². The molecule has 2 amide bonds. The van der Waals surface area contributed by atoms with Crippen molar-refractivity contribution >= 4 is 29.2 Å². The molecule has 1 aromatic carbocycles. The minimum atomic E-state index is -0.858. The van der Waals surface area contributed by atoms with E-state index in [4.69, 9.17) is 4.74 Å². The highest BCUT2D eigenvalue weighted by Gasteiger charge is 2.27. The molecule has 128 valence electrons. The summed E-state index contributed by atoms with van der Waals surface area (Å²) in [6.07, 6.45) is 0.897. The summed E-state index contributed by atoms with van der Waals surface area (Å²) >= 11 is 0. The number of amides is 2. The van der Waals surface area contributed by atoms with E-state index < -0.39 is 23.4 Å². The summed E-state index contributed by atoms with van der Waals surface area (Å²) in [6, 6.07) is 3.92. The van der Waals surface area contributed by atoms with Gasteiger partial charge < -0.3 is 9.64 Å². The molecule has 1 saturated heterocycles. The molecule has 0 atom stereocenters. The SMILES string of the molecule is CN(C)c1ccc(C(=O)OCC(=O)N2CCCC2=O)cc1[N+](=O)[O-]. The molecule has 0 aliphatic carbocycles. The largest absolute Gasteiger partial charge is 0.452 e. The third-order valence-electron chi connectivity index (χ3n) is 3.59. The first-order chi connectivity index (χ1) is 11.3. The van der Waals surface area contributed by atoms with E-state index in [1.807, 2.05) is 0 Å².